The van der Waals surface area contributed by atoms with Gasteiger partial charge in [-0.3, -0.25) is 9.97 Å². The van der Waals surface area contributed by atoms with Crippen molar-refractivity contribution in [1.82, 2.24) is 9.97 Å². The quantitative estimate of drug-likeness (QED) is 0.485. The van der Waals surface area contributed by atoms with Gasteiger partial charge in [0.05, 0.1) is 0 Å². The summed E-state index contributed by atoms with van der Waals surface area (Å²) < 4.78 is 0. The van der Waals surface area contributed by atoms with E-state index in [1.54, 1.807) is 0 Å². The second-order valence-electron chi connectivity index (χ2n) is 6.34. The van der Waals surface area contributed by atoms with Crippen LogP contribution in [-0.2, 0) is 0 Å². The van der Waals surface area contributed by atoms with Crippen LogP contribution in [-0.4, -0.2) is 9.97 Å². The third kappa shape index (κ3) is 3.40. The second kappa shape index (κ2) is 7.75. The third-order valence-electron chi connectivity index (χ3n) is 4.78. The highest BCUT2D eigenvalue weighted by atomic mass is 14.6. The summed E-state index contributed by atoms with van der Waals surface area (Å²) in [7, 11) is 0. The topological polar surface area (TPSA) is 25.8 Å². The van der Waals surface area contributed by atoms with E-state index in [4.69, 9.17) is 0 Å². The van der Waals surface area contributed by atoms with Crippen LogP contribution >= 0.6 is 0 Å². The van der Waals surface area contributed by atoms with Gasteiger partial charge in [-0.2, -0.15) is 0 Å². The largest absolute Gasteiger partial charge is 0.265 e. The zero-order chi connectivity index (χ0) is 17.6. The molecule has 2 aromatic heterocycles. The summed E-state index contributed by atoms with van der Waals surface area (Å²) in [6.45, 7) is 0. The molecule has 0 N–H and O–H groups in total. The molecule has 0 fully saturated rings. The van der Waals surface area contributed by atoms with Crippen LogP contribution in [0.3, 0.4) is 0 Å². The number of hydrogen-bond donors (Lipinski definition) is 0. The Morgan fingerprint density at radius 2 is 0.692 bits per heavy atom. The molecule has 2 unspecified atom stereocenters. The predicted octanol–water partition coefficient (Wildman–Crippen LogP) is 5.44. The zero-order valence-corrected chi connectivity index (χ0v) is 14.4. The Labute approximate surface area is 154 Å². The summed E-state index contributed by atoms with van der Waals surface area (Å²) in [6.07, 6.45) is 7.50. The molecule has 0 aliphatic heterocycles. The summed E-state index contributed by atoms with van der Waals surface area (Å²) in [5.41, 5.74) is 5.11. The normalized spacial score (nSPS) is 13.1. The molecule has 2 heterocycles. The molecule has 0 amide bonds. The first-order valence-corrected chi connectivity index (χ1v) is 8.83. The summed E-state index contributed by atoms with van der Waals surface area (Å²) in [5, 5.41) is 0. The molecule has 26 heavy (non-hydrogen) atoms. The SMILES string of the molecule is c1ccc(C(c2ccncc2)C(c2ccccc2)c2ccncc2)cc1. The van der Waals surface area contributed by atoms with Gasteiger partial charge in [-0.05, 0) is 46.5 Å². The van der Waals surface area contributed by atoms with Crippen LogP contribution in [0.1, 0.15) is 34.1 Å². The fourth-order valence-electron chi connectivity index (χ4n) is 3.62. The molecule has 4 aromatic rings. The zero-order valence-electron chi connectivity index (χ0n) is 14.4. The van der Waals surface area contributed by atoms with E-state index in [0.29, 0.717) is 0 Å². The Kier molecular flexibility index (Phi) is 4.83. The molecule has 2 atom stereocenters. The van der Waals surface area contributed by atoms with E-state index in [9.17, 15) is 0 Å². The number of benzene rings is 2. The molecule has 0 radical (unpaired) electrons. The monoisotopic (exact) mass is 336 g/mol. The summed E-state index contributed by atoms with van der Waals surface area (Å²) >= 11 is 0. The van der Waals surface area contributed by atoms with E-state index >= 15 is 0 Å². The first-order valence-electron chi connectivity index (χ1n) is 8.83. The fraction of sp³-hybridized carbons (Fsp3) is 0.0833. The lowest BCUT2D eigenvalue weighted by Crippen LogP contribution is -2.14. The summed E-state index contributed by atoms with van der Waals surface area (Å²) in [6, 6.07) is 29.9. The van der Waals surface area contributed by atoms with Crippen LogP contribution in [0.4, 0.5) is 0 Å². The number of pyridine rings is 2. The van der Waals surface area contributed by atoms with Gasteiger partial charge in [-0.25, -0.2) is 0 Å². The average Bonchev–Trinajstić information content (AvgIpc) is 2.74. The molecule has 0 saturated heterocycles. The van der Waals surface area contributed by atoms with Crippen molar-refractivity contribution in [3.8, 4) is 0 Å². The van der Waals surface area contributed by atoms with Crippen molar-refractivity contribution in [3.63, 3.8) is 0 Å². The fourth-order valence-corrected chi connectivity index (χ4v) is 3.62. The first-order chi connectivity index (χ1) is 12.9. The van der Waals surface area contributed by atoms with E-state index in [2.05, 4.69) is 94.9 Å². The van der Waals surface area contributed by atoms with Gasteiger partial charge in [-0.1, -0.05) is 60.7 Å². The van der Waals surface area contributed by atoms with Gasteiger partial charge < -0.3 is 0 Å². The molecule has 0 bridgehead atoms. The molecule has 0 aliphatic carbocycles. The molecule has 126 valence electrons. The van der Waals surface area contributed by atoms with Gasteiger partial charge in [0.15, 0.2) is 0 Å². The molecule has 4 rings (SSSR count). The Morgan fingerprint density at radius 1 is 0.385 bits per heavy atom. The standard InChI is InChI=1S/C24H20N2/c1-3-7-19(8-4-1)23(21-11-15-25-16-12-21)24(20-9-5-2-6-10-20)22-13-17-26-18-14-22/h1-18,23-24H. The highest BCUT2D eigenvalue weighted by molar-refractivity contribution is 5.43. The molecule has 0 spiro atoms. The van der Waals surface area contributed by atoms with Crippen LogP contribution in [0.2, 0.25) is 0 Å². The van der Waals surface area contributed by atoms with Crippen molar-refractivity contribution in [2.45, 2.75) is 11.8 Å². The molecule has 2 aromatic carbocycles. The van der Waals surface area contributed by atoms with E-state index < -0.39 is 0 Å². The molecule has 2 heteroatoms. The van der Waals surface area contributed by atoms with Crippen molar-refractivity contribution in [2.24, 2.45) is 0 Å². The van der Waals surface area contributed by atoms with Gasteiger partial charge >= 0.3 is 0 Å². The van der Waals surface area contributed by atoms with E-state index in [1.165, 1.54) is 22.3 Å². The van der Waals surface area contributed by atoms with Crippen molar-refractivity contribution in [2.75, 3.05) is 0 Å². The minimum Gasteiger partial charge on any atom is -0.265 e. The highest BCUT2D eigenvalue weighted by Crippen LogP contribution is 2.42. The Morgan fingerprint density at radius 3 is 1.04 bits per heavy atom. The van der Waals surface area contributed by atoms with Crippen LogP contribution in [0, 0.1) is 0 Å². The van der Waals surface area contributed by atoms with Crippen molar-refractivity contribution in [3.05, 3.63) is 132 Å². The first kappa shape index (κ1) is 16.2. The van der Waals surface area contributed by atoms with Crippen molar-refractivity contribution in [1.29, 1.82) is 0 Å². The number of aromatic nitrogens is 2. The van der Waals surface area contributed by atoms with Gasteiger partial charge in [-0.15, -0.1) is 0 Å². The van der Waals surface area contributed by atoms with E-state index in [-0.39, 0.29) is 11.8 Å². The maximum Gasteiger partial charge on any atom is 0.0270 e. The van der Waals surface area contributed by atoms with Gasteiger partial charge in [0, 0.05) is 36.6 Å². The van der Waals surface area contributed by atoms with Crippen LogP contribution in [0.15, 0.2) is 110 Å². The molecule has 0 aliphatic rings. The van der Waals surface area contributed by atoms with E-state index in [0.717, 1.165) is 0 Å². The average molecular weight is 336 g/mol. The van der Waals surface area contributed by atoms with Crippen LogP contribution in [0.25, 0.3) is 0 Å². The minimum absolute atomic E-state index is 0.198. The highest BCUT2D eigenvalue weighted by Gasteiger charge is 2.27. The molecular formula is C24H20N2. The minimum atomic E-state index is 0.198. The summed E-state index contributed by atoms with van der Waals surface area (Å²) in [5.74, 6) is 0.396. The van der Waals surface area contributed by atoms with Gasteiger partial charge in [0.1, 0.15) is 0 Å². The van der Waals surface area contributed by atoms with Crippen LogP contribution < -0.4 is 0 Å². The lowest BCUT2D eigenvalue weighted by molar-refractivity contribution is 0.692. The molecule has 2 nitrogen and oxygen atoms in total. The molecule has 0 saturated carbocycles. The second-order valence-corrected chi connectivity index (χ2v) is 6.34. The lowest BCUT2D eigenvalue weighted by atomic mass is 9.74. The maximum atomic E-state index is 4.22. The number of rotatable bonds is 5. The number of nitrogens with zero attached hydrogens (tertiary/aromatic N) is 2. The van der Waals surface area contributed by atoms with Gasteiger partial charge in [0.25, 0.3) is 0 Å². The smallest absolute Gasteiger partial charge is 0.0270 e. The number of hydrogen-bond acceptors (Lipinski definition) is 2. The Bertz CT molecular complexity index is 763. The van der Waals surface area contributed by atoms with Crippen molar-refractivity contribution < 1.29 is 0 Å². The molecular weight excluding hydrogens is 316 g/mol. The summed E-state index contributed by atoms with van der Waals surface area (Å²) in [4.78, 5) is 8.43. The van der Waals surface area contributed by atoms with E-state index in [1.807, 2.05) is 24.8 Å². The van der Waals surface area contributed by atoms with Crippen LogP contribution in [0.5, 0.6) is 0 Å². The maximum absolute atomic E-state index is 4.22. The van der Waals surface area contributed by atoms with Gasteiger partial charge in [0.2, 0.25) is 0 Å². The Balaban J connectivity index is 1.93. The Hall–Kier alpha value is -3.26. The lowest BCUT2D eigenvalue weighted by Gasteiger charge is -2.29. The predicted molar refractivity (Wildman–Crippen MR) is 105 cm³/mol. The van der Waals surface area contributed by atoms with Crippen molar-refractivity contribution >= 4 is 0 Å². The third-order valence-corrected chi connectivity index (χ3v) is 4.78.